The van der Waals surface area contributed by atoms with E-state index < -0.39 is 27.0 Å². The molecule has 2 N–H and O–H groups in total. The summed E-state index contributed by atoms with van der Waals surface area (Å²) < 4.78 is 26.7. The summed E-state index contributed by atoms with van der Waals surface area (Å²) in [5.74, 6) is -1.37. The molecule has 7 nitrogen and oxygen atoms in total. The highest BCUT2D eigenvalue weighted by atomic mass is 32.2. The van der Waals surface area contributed by atoms with Gasteiger partial charge in [-0.3, -0.25) is 4.79 Å². The number of nitrogens with zero attached hydrogens (tertiary/aromatic N) is 1. The van der Waals surface area contributed by atoms with Crippen LogP contribution in [0.25, 0.3) is 10.9 Å². The Morgan fingerprint density at radius 1 is 1.38 bits per heavy atom. The highest BCUT2D eigenvalue weighted by Gasteiger charge is 2.24. The zero-order valence-corrected chi connectivity index (χ0v) is 14.2. The summed E-state index contributed by atoms with van der Waals surface area (Å²) in [6.07, 6.45) is 1.10. The third kappa shape index (κ3) is 3.24. The maximum atomic E-state index is 12.7. The van der Waals surface area contributed by atoms with Crippen LogP contribution in [0.3, 0.4) is 0 Å². The van der Waals surface area contributed by atoms with Gasteiger partial charge in [0.15, 0.2) is 0 Å². The van der Waals surface area contributed by atoms with Gasteiger partial charge in [-0.05, 0) is 25.1 Å². The van der Waals surface area contributed by atoms with Crippen molar-refractivity contribution in [1.82, 2.24) is 9.29 Å². The van der Waals surface area contributed by atoms with E-state index in [1.54, 1.807) is 13.8 Å². The number of hydrogen-bond donors (Lipinski definition) is 2. The maximum absolute atomic E-state index is 12.7. The molecule has 0 aliphatic carbocycles. The summed E-state index contributed by atoms with van der Waals surface area (Å²) in [4.78, 5) is 25.9. The molecular formula is C16H18N2O5S. The second-order valence-corrected chi connectivity index (χ2v) is 7.37. The Labute approximate surface area is 139 Å². The Balaban J connectivity index is 2.65. The monoisotopic (exact) mass is 350 g/mol. The van der Waals surface area contributed by atoms with Crippen LogP contribution in [0.4, 0.5) is 0 Å². The van der Waals surface area contributed by atoms with Crippen molar-refractivity contribution < 1.29 is 18.3 Å². The minimum atomic E-state index is -3.82. The van der Waals surface area contributed by atoms with Crippen molar-refractivity contribution in [2.45, 2.75) is 18.7 Å². The molecule has 0 spiro atoms. The van der Waals surface area contributed by atoms with Crippen LogP contribution >= 0.6 is 0 Å². The Kier molecular flexibility index (Phi) is 4.91. The SMILES string of the molecule is C=C(C)CN(CC)S(=O)(=O)c1ccc2[nH]cc(C(=O)O)c(=O)c2c1. The molecule has 0 unspecified atom stereocenters. The molecule has 0 saturated carbocycles. The number of hydrogen-bond acceptors (Lipinski definition) is 4. The predicted octanol–water partition coefficient (Wildman–Crippen LogP) is 1.81. The summed E-state index contributed by atoms with van der Waals surface area (Å²) in [6.45, 7) is 7.57. The number of nitrogens with one attached hydrogen (secondary N) is 1. The molecule has 0 aliphatic heterocycles. The van der Waals surface area contributed by atoms with E-state index >= 15 is 0 Å². The first-order chi connectivity index (χ1) is 11.2. The number of rotatable bonds is 6. The van der Waals surface area contributed by atoms with Crippen molar-refractivity contribution in [3.63, 3.8) is 0 Å². The van der Waals surface area contributed by atoms with Gasteiger partial charge in [0, 0.05) is 30.2 Å². The molecule has 1 heterocycles. The summed E-state index contributed by atoms with van der Waals surface area (Å²) in [5, 5.41) is 9.04. The van der Waals surface area contributed by atoms with Crippen LogP contribution in [-0.4, -0.2) is 41.9 Å². The highest BCUT2D eigenvalue weighted by molar-refractivity contribution is 7.89. The predicted molar refractivity (Wildman–Crippen MR) is 90.8 cm³/mol. The number of likely N-dealkylation sites (N-methyl/N-ethyl adjacent to an activating group) is 1. The van der Waals surface area contributed by atoms with Gasteiger partial charge in [-0.2, -0.15) is 4.31 Å². The minimum Gasteiger partial charge on any atom is -0.477 e. The van der Waals surface area contributed by atoms with E-state index in [1.807, 2.05) is 0 Å². The lowest BCUT2D eigenvalue weighted by Crippen LogP contribution is -2.32. The third-order valence-electron chi connectivity index (χ3n) is 3.52. The van der Waals surface area contributed by atoms with Gasteiger partial charge < -0.3 is 10.1 Å². The van der Waals surface area contributed by atoms with Crippen LogP contribution in [0.2, 0.25) is 0 Å². The highest BCUT2D eigenvalue weighted by Crippen LogP contribution is 2.20. The summed E-state index contributed by atoms with van der Waals surface area (Å²) >= 11 is 0. The van der Waals surface area contributed by atoms with Crippen LogP contribution < -0.4 is 5.43 Å². The molecule has 0 fully saturated rings. The average Bonchev–Trinajstić information content (AvgIpc) is 2.52. The van der Waals surface area contributed by atoms with Crippen LogP contribution in [0.1, 0.15) is 24.2 Å². The number of sulfonamides is 1. The largest absolute Gasteiger partial charge is 0.477 e. The molecular weight excluding hydrogens is 332 g/mol. The Morgan fingerprint density at radius 2 is 2.04 bits per heavy atom. The van der Waals surface area contributed by atoms with E-state index in [0.717, 1.165) is 6.20 Å². The average molecular weight is 350 g/mol. The van der Waals surface area contributed by atoms with Crippen molar-refractivity contribution in [1.29, 1.82) is 0 Å². The number of benzene rings is 1. The molecule has 0 amide bonds. The van der Waals surface area contributed by atoms with E-state index in [0.29, 0.717) is 11.1 Å². The number of aromatic carboxylic acids is 1. The summed E-state index contributed by atoms with van der Waals surface area (Å²) in [5.41, 5.74) is -0.110. The van der Waals surface area contributed by atoms with E-state index in [4.69, 9.17) is 5.11 Å². The van der Waals surface area contributed by atoms with Crippen molar-refractivity contribution in [2.75, 3.05) is 13.1 Å². The fraction of sp³-hybridized carbons (Fsp3) is 0.250. The van der Waals surface area contributed by atoms with Gasteiger partial charge in [0.25, 0.3) is 0 Å². The zero-order valence-electron chi connectivity index (χ0n) is 13.4. The fourth-order valence-corrected chi connectivity index (χ4v) is 3.87. The topological polar surface area (TPSA) is 108 Å². The third-order valence-corrected chi connectivity index (χ3v) is 5.44. The number of carboxylic acids is 1. The van der Waals surface area contributed by atoms with Crippen LogP contribution in [-0.2, 0) is 10.0 Å². The van der Waals surface area contributed by atoms with Crippen LogP contribution in [0.15, 0.2) is 46.2 Å². The lowest BCUT2D eigenvalue weighted by atomic mass is 10.1. The molecule has 0 aliphatic rings. The van der Waals surface area contributed by atoms with E-state index in [1.165, 1.54) is 22.5 Å². The van der Waals surface area contributed by atoms with Gasteiger partial charge in [0.2, 0.25) is 15.5 Å². The van der Waals surface area contributed by atoms with Crippen molar-refractivity contribution in [3.05, 3.63) is 52.3 Å². The van der Waals surface area contributed by atoms with E-state index in [-0.39, 0.29) is 23.4 Å². The molecule has 0 atom stereocenters. The van der Waals surface area contributed by atoms with Crippen molar-refractivity contribution in [2.24, 2.45) is 0 Å². The van der Waals surface area contributed by atoms with Crippen molar-refractivity contribution in [3.8, 4) is 0 Å². The van der Waals surface area contributed by atoms with Crippen LogP contribution in [0.5, 0.6) is 0 Å². The Morgan fingerprint density at radius 3 is 2.58 bits per heavy atom. The van der Waals surface area contributed by atoms with E-state index in [9.17, 15) is 18.0 Å². The van der Waals surface area contributed by atoms with Gasteiger partial charge in [0.05, 0.1) is 4.90 Å². The second kappa shape index (κ2) is 6.58. The minimum absolute atomic E-state index is 0.0161. The number of carboxylic acid groups (broad SMARTS) is 1. The smallest absolute Gasteiger partial charge is 0.341 e. The first kappa shape index (κ1) is 17.9. The molecule has 0 radical (unpaired) electrons. The standard InChI is InChI=1S/C16H18N2O5S/c1-4-18(9-10(2)3)24(22,23)11-5-6-14-12(7-11)15(19)13(8-17-14)16(20)21/h5-8H,2,4,9H2,1,3H3,(H,17,19)(H,20,21). The lowest BCUT2D eigenvalue weighted by Gasteiger charge is -2.20. The summed E-state index contributed by atoms with van der Waals surface area (Å²) in [6, 6.07) is 4.04. The fourth-order valence-electron chi connectivity index (χ4n) is 2.33. The van der Waals surface area contributed by atoms with Gasteiger partial charge in [-0.25, -0.2) is 13.2 Å². The number of aromatic amines is 1. The first-order valence-corrected chi connectivity index (χ1v) is 8.65. The van der Waals surface area contributed by atoms with Gasteiger partial charge in [-0.1, -0.05) is 19.1 Å². The number of H-pyrrole nitrogens is 1. The van der Waals surface area contributed by atoms with E-state index in [2.05, 4.69) is 11.6 Å². The normalized spacial score (nSPS) is 11.8. The molecule has 1 aromatic heterocycles. The lowest BCUT2D eigenvalue weighted by molar-refractivity contribution is 0.0695. The number of carbonyl (C=O) groups is 1. The molecule has 1 aromatic carbocycles. The quantitative estimate of drug-likeness (QED) is 0.773. The molecule has 8 heteroatoms. The first-order valence-electron chi connectivity index (χ1n) is 7.21. The van der Waals surface area contributed by atoms with Gasteiger partial charge >= 0.3 is 5.97 Å². The summed E-state index contributed by atoms with van der Waals surface area (Å²) in [7, 11) is -3.82. The number of fused-ring (bicyclic) bond motifs is 1. The van der Waals surface area contributed by atoms with Crippen LogP contribution in [0, 0.1) is 0 Å². The second-order valence-electron chi connectivity index (χ2n) is 5.43. The molecule has 2 rings (SSSR count). The van der Waals surface area contributed by atoms with Gasteiger partial charge in [-0.15, -0.1) is 0 Å². The molecule has 24 heavy (non-hydrogen) atoms. The Bertz CT molecular complexity index is 976. The Hall–Kier alpha value is -2.45. The molecule has 2 aromatic rings. The van der Waals surface area contributed by atoms with Gasteiger partial charge in [0.1, 0.15) is 5.56 Å². The van der Waals surface area contributed by atoms with Crippen molar-refractivity contribution >= 4 is 26.9 Å². The molecule has 128 valence electrons. The molecule has 0 saturated heterocycles. The number of pyridine rings is 1. The zero-order chi connectivity index (χ0) is 18.1. The number of aromatic nitrogens is 1. The maximum Gasteiger partial charge on any atom is 0.341 e. The molecule has 0 bridgehead atoms.